The monoisotopic (exact) mass is 417 g/mol. The molecule has 4 rings (SSSR count). The molecule has 0 aliphatic heterocycles. The van der Waals surface area contributed by atoms with Gasteiger partial charge in [-0.3, -0.25) is 0 Å². The van der Waals surface area contributed by atoms with Crippen LogP contribution in [0.25, 0.3) is 22.1 Å². The number of ether oxygens (including phenoxy) is 3. The number of alkyl halides is 3. The van der Waals surface area contributed by atoms with Gasteiger partial charge in [-0.15, -0.1) is 13.2 Å². The summed E-state index contributed by atoms with van der Waals surface area (Å²) in [5.74, 6) is 0.777. The summed E-state index contributed by atoms with van der Waals surface area (Å²) in [6, 6.07) is 10.6. The molecule has 0 bridgehead atoms. The minimum Gasteiger partial charge on any atom is -0.493 e. The molecule has 0 N–H and O–H groups in total. The number of hydrogen-bond acceptors (Lipinski definition) is 7. The lowest BCUT2D eigenvalue weighted by atomic mass is 10.0. The molecule has 0 fully saturated rings. The van der Waals surface area contributed by atoms with Crippen LogP contribution in [0.3, 0.4) is 0 Å². The Hall–Kier alpha value is -3.82. The molecule has 0 aliphatic carbocycles. The van der Waals surface area contributed by atoms with Crippen molar-refractivity contribution in [3.63, 3.8) is 0 Å². The number of halogens is 3. The Labute approximate surface area is 168 Å². The van der Waals surface area contributed by atoms with Crippen molar-refractivity contribution in [1.29, 1.82) is 0 Å². The molecular weight excluding hydrogens is 403 g/mol. The fraction of sp³-hybridized carbons (Fsp3) is 0.150. The van der Waals surface area contributed by atoms with Gasteiger partial charge < -0.3 is 18.7 Å². The Morgan fingerprint density at radius 3 is 2.40 bits per heavy atom. The smallest absolute Gasteiger partial charge is 0.493 e. The van der Waals surface area contributed by atoms with Gasteiger partial charge >= 0.3 is 6.36 Å². The van der Waals surface area contributed by atoms with Crippen molar-refractivity contribution in [2.45, 2.75) is 13.0 Å². The van der Waals surface area contributed by atoms with Gasteiger partial charge in [-0.1, -0.05) is 12.1 Å². The molecule has 4 aromatic rings. The lowest BCUT2D eigenvalue weighted by Gasteiger charge is -2.10. The van der Waals surface area contributed by atoms with E-state index >= 15 is 0 Å². The third-order valence-electron chi connectivity index (χ3n) is 4.10. The van der Waals surface area contributed by atoms with Gasteiger partial charge in [-0.2, -0.15) is 0 Å². The zero-order valence-electron chi connectivity index (χ0n) is 15.5. The number of benzene rings is 2. The van der Waals surface area contributed by atoms with E-state index in [0.29, 0.717) is 33.7 Å². The van der Waals surface area contributed by atoms with E-state index in [9.17, 15) is 13.2 Å². The molecule has 7 nitrogen and oxygen atoms in total. The van der Waals surface area contributed by atoms with Crippen molar-refractivity contribution >= 4 is 11.0 Å². The first-order valence-electron chi connectivity index (χ1n) is 8.65. The summed E-state index contributed by atoms with van der Waals surface area (Å²) in [5.41, 5.74) is 1.69. The maximum atomic E-state index is 12.4. The van der Waals surface area contributed by atoms with Crippen LogP contribution in [-0.2, 0) is 6.61 Å². The van der Waals surface area contributed by atoms with Gasteiger partial charge in [0.2, 0.25) is 5.58 Å². The molecule has 0 radical (unpaired) electrons. The van der Waals surface area contributed by atoms with Crippen LogP contribution in [0.1, 0.15) is 5.82 Å². The Bertz CT molecular complexity index is 1150. The summed E-state index contributed by atoms with van der Waals surface area (Å²) < 4.78 is 57.4. The van der Waals surface area contributed by atoms with Gasteiger partial charge in [-0.05, 0) is 46.6 Å². The number of aromatic nitrogens is 3. The van der Waals surface area contributed by atoms with Crippen molar-refractivity contribution in [2.75, 3.05) is 7.11 Å². The molecule has 10 heteroatoms. The van der Waals surface area contributed by atoms with E-state index in [-0.39, 0.29) is 18.2 Å². The Morgan fingerprint density at radius 2 is 1.73 bits per heavy atom. The van der Waals surface area contributed by atoms with E-state index in [4.69, 9.17) is 14.0 Å². The minimum absolute atomic E-state index is 0.0818. The SMILES string of the molecule is COc1cc(-c2ccc(OC(F)(F)F)cc2)cc2c(OCc3ncccn3)noc12. The molecule has 2 aromatic heterocycles. The highest BCUT2D eigenvalue weighted by molar-refractivity contribution is 5.92. The second-order valence-electron chi connectivity index (χ2n) is 6.07. The van der Waals surface area contributed by atoms with Crippen molar-refractivity contribution in [3.05, 3.63) is 60.7 Å². The maximum absolute atomic E-state index is 12.4. The summed E-state index contributed by atoms with van der Waals surface area (Å²) in [5, 5.41) is 4.47. The highest BCUT2D eigenvalue weighted by Crippen LogP contribution is 2.37. The Balaban J connectivity index is 1.65. The summed E-state index contributed by atoms with van der Waals surface area (Å²) in [7, 11) is 1.47. The fourth-order valence-electron chi connectivity index (χ4n) is 2.80. The van der Waals surface area contributed by atoms with Crippen LogP contribution in [-0.4, -0.2) is 28.6 Å². The molecule has 0 amide bonds. The van der Waals surface area contributed by atoms with Gasteiger partial charge in [0, 0.05) is 12.4 Å². The molecule has 0 atom stereocenters. The van der Waals surface area contributed by atoms with Crippen LogP contribution in [0.15, 0.2) is 59.4 Å². The molecule has 0 unspecified atom stereocenters. The van der Waals surface area contributed by atoms with E-state index < -0.39 is 6.36 Å². The van der Waals surface area contributed by atoms with Gasteiger partial charge in [-0.25, -0.2) is 9.97 Å². The lowest BCUT2D eigenvalue weighted by Crippen LogP contribution is -2.16. The first-order chi connectivity index (χ1) is 14.4. The first kappa shape index (κ1) is 19.5. The molecule has 2 aromatic carbocycles. The summed E-state index contributed by atoms with van der Waals surface area (Å²) in [4.78, 5) is 8.16. The number of rotatable bonds is 6. The number of methoxy groups -OCH3 is 1. The van der Waals surface area contributed by atoms with Crippen LogP contribution in [0.5, 0.6) is 17.4 Å². The minimum atomic E-state index is -4.75. The molecule has 2 heterocycles. The van der Waals surface area contributed by atoms with E-state index in [1.165, 1.54) is 31.4 Å². The van der Waals surface area contributed by atoms with E-state index in [0.717, 1.165) is 0 Å². The van der Waals surface area contributed by atoms with Crippen LogP contribution < -0.4 is 14.2 Å². The topological polar surface area (TPSA) is 79.5 Å². The fourth-order valence-corrected chi connectivity index (χ4v) is 2.80. The number of fused-ring (bicyclic) bond motifs is 1. The zero-order valence-corrected chi connectivity index (χ0v) is 15.5. The molecule has 0 saturated heterocycles. The largest absolute Gasteiger partial charge is 0.573 e. The third-order valence-corrected chi connectivity index (χ3v) is 4.10. The maximum Gasteiger partial charge on any atom is 0.573 e. The van der Waals surface area contributed by atoms with Gasteiger partial charge in [0.05, 0.1) is 12.5 Å². The predicted octanol–water partition coefficient (Wildman–Crippen LogP) is 4.77. The molecule has 0 saturated carbocycles. The van der Waals surface area contributed by atoms with E-state index in [1.54, 1.807) is 30.6 Å². The lowest BCUT2D eigenvalue weighted by molar-refractivity contribution is -0.274. The van der Waals surface area contributed by atoms with Crippen molar-refractivity contribution in [3.8, 4) is 28.5 Å². The Kier molecular flexibility index (Phi) is 5.13. The number of nitrogens with zero attached hydrogens (tertiary/aromatic N) is 3. The van der Waals surface area contributed by atoms with Crippen LogP contribution in [0.4, 0.5) is 13.2 Å². The summed E-state index contributed by atoms with van der Waals surface area (Å²) in [6.45, 7) is 0.0818. The third kappa shape index (κ3) is 4.27. The van der Waals surface area contributed by atoms with Gasteiger partial charge in [0.1, 0.15) is 12.4 Å². The van der Waals surface area contributed by atoms with Crippen molar-refractivity contribution in [1.82, 2.24) is 15.1 Å². The zero-order chi connectivity index (χ0) is 21.1. The quantitative estimate of drug-likeness (QED) is 0.447. The van der Waals surface area contributed by atoms with Gasteiger partial charge in [0.25, 0.3) is 5.88 Å². The second-order valence-corrected chi connectivity index (χ2v) is 6.07. The second kappa shape index (κ2) is 7.90. The van der Waals surface area contributed by atoms with Crippen molar-refractivity contribution < 1.29 is 31.9 Å². The molecule has 0 aliphatic rings. The highest BCUT2D eigenvalue weighted by atomic mass is 19.4. The average Bonchev–Trinajstić information content (AvgIpc) is 3.15. The van der Waals surface area contributed by atoms with E-state index in [2.05, 4.69) is 19.9 Å². The molecule has 0 spiro atoms. The normalized spacial score (nSPS) is 11.5. The molecular formula is C20H14F3N3O4. The molecule has 30 heavy (non-hydrogen) atoms. The number of hydrogen-bond donors (Lipinski definition) is 0. The van der Waals surface area contributed by atoms with Crippen molar-refractivity contribution in [2.24, 2.45) is 0 Å². The highest BCUT2D eigenvalue weighted by Gasteiger charge is 2.31. The van der Waals surface area contributed by atoms with E-state index in [1.807, 2.05) is 0 Å². The van der Waals surface area contributed by atoms with Crippen LogP contribution in [0.2, 0.25) is 0 Å². The predicted molar refractivity (Wildman–Crippen MR) is 99.0 cm³/mol. The standard InChI is InChI=1S/C20H14F3N3O4/c1-27-16-10-13(12-3-5-14(6-4-12)29-20(21,22)23)9-15-18(16)30-26-19(15)28-11-17-24-7-2-8-25-17/h2-10H,11H2,1H3. The summed E-state index contributed by atoms with van der Waals surface area (Å²) in [6.07, 6.45) is -1.55. The Morgan fingerprint density at radius 1 is 1.00 bits per heavy atom. The van der Waals surface area contributed by atoms with Gasteiger partial charge in [0.15, 0.2) is 11.6 Å². The first-order valence-corrected chi connectivity index (χ1v) is 8.65. The van der Waals surface area contributed by atoms with Crippen LogP contribution >= 0.6 is 0 Å². The molecule has 154 valence electrons. The van der Waals surface area contributed by atoms with Crippen LogP contribution in [0, 0.1) is 0 Å². The average molecular weight is 417 g/mol. The summed E-state index contributed by atoms with van der Waals surface area (Å²) >= 11 is 0.